The lowest BCUT2D eigenvalue weighted by Crippen LogP contribution is -2.00. The van der Waals surface area contributed by atoms with Gasteiger partial charge in [0.25, 0.3) is 0 Å². The van der Waals surface area contributed by atoms with E-state index in [1.54, 1.807) is 12.1 Å². The highest BCUT2D eigenvalue weighted by atomic mass is 79.9. The molecule has 2 rings (SSSR count). The summed E-state index contributed by atoms with van der Waals surface area (Å²) in [6, 6.07) is 10.2. The summed E-state index contributed by atoms with van der Waals surface area (Å²) in [4.78, 5) is 0. The Balaban J connectivity index is 2.07. The first-order valence-electron chi connectivity index (χ1n) is 5.65. The molecule has 19 heavy (non-hydrogen) atoms. The van der Waals surface area contributed by atoms with Crippen molar-refractivity contribution < 1.29 is 9.13 Å². The summed E-state index contributed by atoms with van der Waals surface area (Å²) in [5.74, 6) is 0.0988. The number of hydrogen-bond donors (Lipinski definition) is 1. The zero-order valence-corrected chi connectivity index (χ0v) is 12.3. The predicted molar refractivity (Wildman–Crippen MR) is 77.8 cm³/mol. The van der Waals surface area contributed by atoms with Crippen LogP contribution in [0.3, 0.4) is 0 Å². The van der Waals surface area contributed by atoms with Gasteiger partial charge in [0.15, 0.2) is 0 Å². The monoisotopic (exact) mass is 343 g/mol. The highest BCUT2D eigenvalue weighted by Gasteiger charge is 2.05. The van der Waals surface area contributed by atoms with Crippen LogP contribution >= 0.6 is 27.5 Å². The number of benzene rings is 2. The van der Waals surface area contributed by atoms with E-state index < -0.39 is 0 Å². The van der Waals surface area contributed by atoms with Gasteiger partial charge in [-0.25, -0.2) is 4.39 Å². The maximum atomic E-state index is 13.3. The molecular weight excluding hydrogens is 333 g/mol. The van der Waals surface area contributed by atoms with Gasteiger partial charge in [-0.1, -0.05) is 23.7 Å². The number of hydrogen-bond acceptors (Lipinski definition) is 2. The van der Waals surface area contributed by atoms with Crippen LogP contribution in [0.25, 0.3) is 0 Å². The molecule has 0 aromatic heterocycles. The summed E-state index contributed by atoms with van der Waals surface area (Å²) in [7, 11) is 0. The van der Waals surface area contributed by atoms with Crippen molar-refractivity contribution in [1.29, 1.82) is 0 Å². The lowest BCUT2D eigenvalue weighted by Gasteiger charge is -2.09. The van der Waals surface area contributed by atoms with E-state index >= 15 is 0 Å². The van der Waals surface area contributed by atoms with Gasteiger partial charge in [0, 0.05) is 23.2 Å². The van der Waals surface area contributed by atoms with E-state index in [2.05, 4.69) is 15.9 Å². The van der Waals surface area contributed by atoms with Gasteiger partial charge in [-0.3, -0.25) is 0 Å². The molecule has 0 radical (unpaired) electrons. The number of halogens is 3. The van der Waals surface area contributed by atoms with Crippen LogP contribution in [0.1, 0.15) is 11.1 Å². The van der Waals surface area contributed by atoms with E-state index in [1.165, 1.54) is 6.07 Å². The molecule has 2 aromatic carbocycles. The van der Waals surface area contributed by atoms with E-state index in [0.717, 1.165) is 11.1 Å². The Morgan fingerprint density at radius 2 is 2.00 bits per heavy atom. The van der Waals surface area contributed by atoms with Gasteiger partial charge >= 0.3 is 0 Å². The molecule has 0 unspecified atom stereocenters. The molecule has 0 aliphatic rings. The molecular formula is C14H12BrClFNO. The quantitative estimate of drug-likeness (QED) is 0.898. The van der Waals surface area contributed by atoms with Gasteiger partial charge in [0.05, 0.1) is 4.47 Å². The summed E-state index contributed by atoms with van der Waals surface area (Å²) < 4.78 is 19.2. The first-order valence-corrected chi connectivity index (χ1v) is 6.82. The van der Waals surface area contributed by atoms with E-state index in [1.807, 2.05) is 18.2 Å². The molecule has 0 bridgehead atoms. The largest absolute Gasteiger partial charge is 0.489 e. The van der Waals surface area contributed by atoms with Crippen molar-refractivity contribution in [3.05, 3.63) is 62.8 Å². The van der Waals surface area contributed by atoms with Crippen LogP contribution in [0.2, 0.25) is 5.02 Å². The fourth-order valence-corrected chi connectivity index (χ4v) is 2.07. The molecule has 2 aromatic rings. The van der Waals surface area contributed by atoms with Crippen LogP contribution in [0.5, 0.6) is 5.75 Å². The topological polar surface area (TPSA) is 35.2 Å². The fourth-order valence-electron chi connectivity index (χ4n) is 1.56. The molecule has 2 N–H and O–H groups in total. The first-order chi connectivity index (χ1) is 9.10. The smallest absolute Gasteiger partial charge is 0.141 e. The van der Waals surface area contributed by atoms with E-state index in [-0.39, 0.29) is 12.4 Å². The standard InChI is InChI=1S/C14H12BrClFNO/c15-12-4-3-11(6-14(12)17)19-8-10-2-1-9(7-18)5-13(10)16/h1-6H,7-8,18H2. The van der Waals surface area contributed by atoms with Crippen molar-refractivity contribution in [3.8, 4) is 5.75 Å². The van der Waals surface area contributed by atoms with Gasteiger partial charge in [0.2, 0.25) is 0 Å². The normalized spacial score (nSPS) is 10.5. The second-order valence-corrected chi connectivity index (χ2v) is 5.26. The summed E-state index contributed by atoms with van der Waals surface area (Å²) in [5.41, 5.74) is 7.33. The Hall–Kier alpha value is -1.10. The molecule has 0 aliphatic carbocycles. The van der Waals surface area contributed by atoms with Crippen LogP contribution in [-0.2, 0) is 13.2 Å². The molecule has 0 fully saturated rings. The van der Waals surface area contributed by atoms with Gasteiger partial charge in [0.1, 0.15) is 18.2 Å². The SMILES string of the molecule is NCc1ccc(COc2ccc(Br)c(F)c2)c(Cl)c1. The molecule has 100 valence electrons. The second-order valence-electron chi connectivity index (χ2n) is 3.99. The Bertz CT molecular complexity index is 592. The minimum atomic E-state index is -0.359. The third-order valence-corrected chi connectivity index (χ3v) is 3.63. The zero-order chi connectivity index (χ0) is 13.8. The molecule has 0 saturated heterocycles. The van der Waals surface area contributed by atoms with Crippen LogP contribution in [-0.4, -0.2) is 0 Å². The van der Waals surface area contributed by atoms with Gasteiger partial charge in [-0.15, -0.1) is 0 Å². The molecule has 0 aliphatic heterocycles. The highest BCUT2D eigenvalue weighted by Crippen LogP contribution is 2.23. The van der Waals surface area contributed by atoms with E-state index in [9.17, 15) is 4.39 Å². The molecule has 0 spiro atoms. The Kier molecular flexibility index (Phi) is 4.80. The van der Waals surface area contributed by atoms with Crippen molar-refractivity contribution in [3.63, 3.8) is 0 Å². The van der Waals surface area contributed by atoms with Gasteiger partial charge < -0.3 is 10.5 Å². The van der Waals surface area contributed by atoms with Crippen LogP contribution in [0.4, 0.5) is 4.39 Å². The number of rotatable bonds is 4. The lowest BCUT2D eigenvalue weighted by atomic mass is 10.1. The third kappa shape index (κ3) is 3.69. The maximum Gasteiger partial charge on any atom is 0.141 e. The Morgan fingerprint density at radius 1 is 1.21 bits per heavy atom. The van der Waals surface area contributed by atoms with Crippen molar-refractivity contribution in [2.75, 3.05) is 0 Å². The van der Waals surface area contributed by atoms with E-state index in [4.69, 9.17) is 22.1 Å². The average Bonchev–Trinajstić information content (AvgIpc) is 2.41. The Morgan fingerprint density at radius 3 is 2.63 bits per heavy atom. The summed E-state index contributed by atoms with van der Waals surface area (Å²) in [6.07, 6.45) is 0. The maximum absolute atomic E-state index is 13.3. The van der Waals surface area contributed by atoms with Crippen molar-refractivity contribution in [2.45, 2.75) is 13.2 Å². The second kappa shape index (κ2) is 6.37. The molecule has 0 atom stereocenters. The van der Waals surface area contributed by atoms with Crippen LogP contribution < -0.4 is 10.5 Å². The van der Waals surface area contributed by atoms with E-state index in [0.29, 0.717) is 21.8 Å². The molecule has 2 nitrogen and oxygen atoms in total. The van der Waals surface area contributed by atoms with Crippen molar-refractivity contribution >= 4 is 27.5 Å². The number of nitrogens with two attached hydrogens (primary N) is 1. The first kappa shape index (κ1) is 14.3. The van der Waals surface area contributed by atoms with Crippen LogP contribution in [0, 0.1) is 5.82 Å². The van der Waals surface area contributed by atoms with Crippen LogP contribution in [0.15, 0.2) is 40.9 Å². The fraction of sp³-hybridized carbons (Fsp3) is 0.143. The molecule has 5 heteroatoms. The molecule has 0 saturated carbocycles. The summed E-state index contributed by atoms with van der Waals surface area (Å²) in [6.45, 7) is 0.726. The van der Waals surface area contributed by atoms with Crippen molar-refractivity contribution in [1.82, 2.24) is 0 Å². The summed E-state index contributed by atoms with van der Waals surface area (Å²) in [5, 5.41) is 0.598. The third-order valence-electron chi connectivity index (χ3n) is 2.64. The molecule has 0 heterocycles. The number of ether oxygens (including phenoxy) is 1. The molecule has 0 amide bonds. The highest BCUT2D eigenvalue weighted by molar-refractivity contribution is 9.10. The van der Waals surface area contributed by atoms with Gasteiger partial charge in [-0.05, 0) is 39.7 Å². The lowest BCUT2D eigenvalue weighted by molar-refractivity contribution is 0.304. The predicted octanol–water partition coefficient (Wildman–Crippen LogP) is 4.28. The van der Waals surface area contributed by atoms with Crippen molar-refractivity contribution in [2.24, 2.45) is 5.73 Å². The summed E-state index contributed by atoms with van der Waals surface area (Å²) >= 11 is 9.20. The minimum Gasteiger partial charge on any atom is -0.489 e. The zero-order valence-electron chi connectivity index (χ0n) is 10.00. The Labute approximate surface area is 124 Å². The van der Waals surface area contributed by atoms with Gasteiger partial charge in [-0.2, -0.15) is 0 Å². The minimum absolute atomic E-state index is 0.282. The average molecular weight is 345 g/mol.